The number of hydrogen-bond acceptors (Lipinski definition) is 5. The van der Waals surface area contributed by atoms with Crippen molar-refractivity contribution in [2.24, 2.45) is 0 Å². The Morgan fingerprint density at radius 1 is 1.39 bits per heavy atom. The molecule has 1 unspecified atom stereocenters. The van der Waals surface area contributed by atoms with Crippen LogP contribution in [0, 0.1) is 0 Å². The van der Waals surface area contributed by atoms with Crippen LogP contribution in [0.15, 0.2) is 24.3 Å². The molecule has 0 aromatic heterocycles. The standard InChI is InChI=1S/C12H16BNO4/c1-18-12(16)11(14-8-13-17)6-9-2-4-10(7-15)5-3-9/h2-5,11,14-15H,6-8H2,1H3. The zero-order valence-electron chi connectivity index (χ0n) is 10.3. The molecule has 18 heavy (non-hydrogen) atoms. The van der Waals surface area contributed by atoms with E-state index in [-0.39, 0.29) is 13.1 Å². The van der Waals surface area contributed by atoms with Crippen LogP contribution in [0.5, 0.6) is 0 Å². The minimum atomic E-state index is -0.542. The maximum absolute atomic E-state index is 11.5. The number of carbonyl (C=O) groups is 1. The fourth-order valence-corrected chi connectivity index (χ4v) is 1.59. The molecular formula is C12H16BNO4. The Balaban J connectivity index is 2.68. The van der Waals surface area contributed by atoms with Crippen LogP contribution in [0.2, 0.25) is 0 Å². The number of aliphatic hydroxyl groups excluding tert-OH is 1. The monoisotopic (exact) mass is 249 g/mol. The molecule has 0 aliphatic carbocycles. The van der Waals surface area contributed by atoms with Crippen LogP contribution < -0.4 is 5.32 Å². The molecule has 1 aromatic rings. The van der Waals surface area contributed by atoms with Crippen LogP contribution in [0.4, 0.5) is 0 Å². The van der Waals surface area contributed by atoms with Crippen molar-refractivity contribution in [3.05, 3.63) is 35.4 Å². The molecule has 0 fully saturated rings. The van der Waals surface area contributed by atoms with Crippen LogP contribution in [-0.4, -0.2) is 37.8 Å². The van der Waals surface area contributed by atoms with E-state index in [1.54, 1.807) is 12.1 Å². The van der Waals surface area contributed by atoms with Gasteiger partial charge in [0.25, 0.3) is 0 Å². The second-order valence-electron chi connectivity index (χ2n) is 3.83. The van der Waals surface area contributed by atoms with Gasteiger partial charge in [-0.25, -0.2) is 0 Å². The Bertz CT molecular complexity index is 394. The minimum absolute atomic E-state index is 0.00982. The molecule has 0 aliphatic heterocycles. The topological polar surface area (TPSA) is 75.6 Å². The summed E-state index contributed by atoms with van der Waals surface area (Å²) in [4.78, 5) is 11.5. The number of methoxy groups -OCH3 is 1. The van der Waals surface area contributed by atoms with E-state index >= 15 is 0 Å². The first-order valence-electron chi connectivity index (χ1n) is 5.64. The summed E-state index contributed by atoms with van der Waals surface area (Å²) in [5.41, 5.74) is 1.75. The zero-order valence-corrected chi connectivity index (χ0v) is 10.3. The van der Waals surface area contributed by atoms with E-state index in [1.807, 2.05) is 12.1 Å². The predicted molar refractivity (Wildman–Crippen MR) is 66.3 cm³/mol. The van der Waals surface area contributed by atoms with Gasteiger partial charge in [0.2, 0.25) is 0 Å². The Labute approximate surface area is 106 Å². The number of esters is 1. The molecule has 1 rings (SSSR count). The molecule has 0 aliphatic rings. The number of ether oxygens (including phenoxy) is 1. The fourth-order valence-electron chi connectivity index (χ4n) is 1.59. The van der Waals surface area contributed by atoms with Gasteiger partial charge in [-0.3, -0.25) is 0 Å². The third-order valence-corrected chi connectivity index (χ3v) is 2.58. The summed E-state index contributed by atoms with van der Waals surface area (Å²) in [7, 11) is 2.01. The number of nitrogens with one attached hydrogen (secondary N) is 1. The average molecular weight is 249 g/mol. The molecule has 5 nitrogen and oxygen atoms in total. The van der Waals surface area contributed by atoms with Crippen LogP contribution >= 0.6 is 0 Å². The van der Waals surface area contributed by atoms with Gasteiger partial charge >= 0.3 is 106 Å². The van der Waals surface area contributed by atoms with Gasteiger partial charge in [0.1, 0.15) is 0 Å². The summed E-state index contributed by atoms with van der Waals surface area (Å²) in [6.07, 6.45) is 0.542. The number of rotatable bonds is 7. The van der Waals surface area contributed by atoms with Crippen molar-refractivity contribution in [2.45, 2.75) is 19.1 Å². The van der Waals surface area contributed by atoms with E-state index in [9.17, 15) is 9.50 Å². The van der Waals surface area contributed by atoms with E-state index in [1.165, 1.54) is 7.11 Å². The SMILES string of the molecule is COC(=O)C(Cc1ccc(CO)cc1)NCB=O. The van der Waals surface area contributed by atoms with Gasteiger partial charge in [-0.15, -0.1) is 0 Å². The second kappa shape index (κ2) is 7.73. The molecule has 6 heteroatoms. The van der Waals surface area contributed by atoms with Crippen LogP contribution in [0.3, 0.4) is 0 Å². The Morgan fingerprint density at radius 3 is 2.50 bits per heavy atom. The summed E-state index contributed by atoms with van der Waals surface area (Å²) in [5.74, 6) is -0.400. The summed E-state index contributed by atoms with van der Waals surface area (Å²) in [5, 5.41) is 11.7. The normalized spacial score (nSPS) is 11.7. The van der Waals surface area contributed by atoms with Crippen molar-refractivity contribution in [3.63, 3.8) is 0 Å². The van der Waals surface area contributed by atoms with Crippen LogP contribution in [-0.2, 0) is 27.3 Å². The third-order valence-electron chi connectivity index (χ3n) is 2.58. The van der Waals surface area contributed by atoms with Crippen molar-refractivity contribution in [1.82, 2.24) is 5.32 Å². The van der Waals surface area contributed by atoms with Crippen molar-refractivity contribution < 1.29 is 19.3 Å². The van der Waals surface area contributed by atoms with Gasteiger partial charge in [0, 0.05) is 0 Å². The van der Waals surface area contributed by atoms with Crippen molar-refractivity contribution >= 4 is 13.1 Å². The van der Waals surface area contributed by atoms with Gasteiger partial charge in [-0.05, 0) is 0 Å². The Morgan fingerprint density at radius 2 is 2.00 bits per heavy atom. The molecule has 2 N–H and O–H groups in total. The summed E-state index contributed by atoms with van der Waals surface area (Å²) in [6, 6.07) is 6.72. The molecule has 0 amide bonds. The van der Waals surface area contributed by atoms with Crippen molar-refractivity contribution in [1.29, 1.82) is 0 Å². The van der Waals surface area contributed by atoms with E-state index in [0.717, 1.165) is 11.1 Å². The van der Waals surface area contributed by atoms with Gasteiger partial charge in [-0.2, -0.15) is 0 Å². The fraction of sp³-hybridized carbons (Fsp3) is 0.417. The van der Waals surface area contributed by atoms with Gasteiger partial charge in [0.05, 0.1) is 0 Å². The Hall–Kier alpha value is -1.53. The first kappa shape index (κ1) is 14.5. The van der Waals surface area contributed by atoms with Crippen molar-refractivity contribution in [3.8, 4) is 0 Å². The summed E-state index contributed by atoms with van der Waals surface area (Å²) in [6.45, 7) is -0.00982. The van der Waals surface area contributed by atoms with E-state index in [2.05, 4.69) is 10.1 Å². The molecule has 1 aromatic carbocycles. The molecule has 1 atom stereocenters. The zero-order chi connectivity index (χ0) is 13.4. The number of carbonyl (C=O) groups excluding carboxylic acids is 1. The Kier molecular flexibility index (Phi) is 6.25. The molecular weight excluding hydrogens is 233 g/mol. The molecule has 0 radical (unpaired) electrons. The first-order valence-corrected chi connectivity index (χ1v) is 5.64. The summed E-state index contributed by atoms with van der Waals surface area (Å²) >= 11 is 0. The molecule has 0 saturated heterocycles. The van der Waals surface area contributed by atoms with Crippen LogP contribution in [0.25, 0.3) is 0 Å². The van der Waals surface area contributed by atoms with Crippen molar-refractivity contribution in [2.75, 3.05) is 13.6 Å². The van der Waals surface area contributed by atoms with E-state index < -0.39 is 12.0 Å². The third kappa shape index (κ3) is 4.39. The quantitative estimate of drug-likeness (QED) is 0.519. The molecule has 0 spiro atoms. The van der Waals surface area contributed by atoms with Crippen LogP contribution in [0.1, 0.15) is 11.1 Å². The number of hydrogen-bond donors (Lipinski definition) is 2. The summed E-state index contributed by atoms with van der Waals surface area (Å²) < 4.78 is 15.0. The maximum atomic E-state index is 11.5. The van der Waals surface area contributed by atoms with Gasteiger partial charge in [0.15, 0.2) is 0 Å². The van der Waals surface area contributed by atoms with Gasteiger partial charge in [-0.1, -0.05) is 0 Å². The predicted octanol–water partition coefficient (Wildman–Crippen LogP) is -0.140. The number of aliphatic hydroxyl groups is 1. The molecule has 0 saturated carbocycles. The molecule has 96 valence electrons. The average Bonchev–Trinajstić information content (AvgIpc) is 2.43. The van der Waals surface area contributed by atoms with E-state index in [0.29, 0.717) is 13.6 Å². The second-order valence-corrected chi connectivity index (χ2v) is 3.83. The van der Waals surface area contributed by atoms with Gasteiger partial charge < -0.3 is 0 Å². The van der Waals surface area contributed by atoms with E-state index in [4.69, 9.17) is 5.11 Å². The first-order chi connectivity index (χ1) is 8.71. The molecule has 0 bridgehead atoms. The molecule has 0 heterocycles. The number of benzene rings is 1.